The van der Waals surface area contributed by atoms with E-state index in [1.165, 1.54) is 0 Å². The molecule has 1 amide bonds. The summed E-state index contributed by atoms with van der Waals surface area (Å²) in [5.41, 5.74) is 6.26. The third kappa shape index (κ3) is 6.46. The Balaban J connectivity index is 0.00000392. The Morgan fingerprint density at radius 2 is 1.89 bits per heavy atom. The van der Waals surface area contributed by atoms with Crippen LogP contribution in [0.15, 0.2) is 34.2 Å². The summed E-state index contributed by atoms with van der Waals surface area (Å²) >= 11 is 0. The molecule has 1 aromatic rings. The van der Waals surface area contributed by atoms with E-state index in [0.29, 0.717) is 37.5 Å². The minimum Gasteiger partial charge on any atom is -0.345 e. The standard InChI is InChI=1S/C19H30N4O3S.ClH/c1-19(2,13-20)14-23(3)17(24)11-5-4-8-12-21-18-15-9-6-7-10-16(15)27(25,26)22-18;/h6-7,9-10H,4-5,8,11-14,20H2,1-3H3,(H,21,22);1H. The number of unbranched alkanes of at least 4 members (excludes halogenated alkanes) is 2. The fourth-order valence-electron chi connectivity index (χ4n) is 2.99. The van der Waals surface area contributed by atoms with Gasteiger partial charge in [0.15, 0.2) is 0 Å². The number of carbonyl (C=O) groups excluding carboxylic acids is 1. The van der Waals surface area contributed by atoms with Crippen molar-refractivity contribution in [1.29, 1.82) is 0 Å². The van der Waals surface area contributed by atoms with Gasteiger partial charge in [-0.05, 0) is 36.9 Å². The van der Waals surface area contributed by atoms with Gasteiger partial charge in [0.25, 0.3) is 10.0 Å². The summed E-state index contributed by atoms with van der Waals surface area (Å²) in [6, 6.07) is 6.83. The number of amides is 1. The van der Waals surface area contributed by atoms with Crippen LogP contribution in [0.1, 0.15) is 45.1 Å². The van der Waals surface area contributed by atoms with Gasteiger partial charge in [0.05, 0.1) is 4.90 Å². The van der Waals surface area contributed by atoms with Gasteiger partial charge in [-0.25, -0.2) is 8.42 Å². The SMILES string of the molecule is CN(CC(C)(C)CN)C(=O)CCCCCN=C1NS(=O)(=O)c2ccccc21.Cl. The van der Waals surface area contributed by atoms with E-state index < -0.39 is 10.0 Å². The number of nitrogens with one attached hydrogen (secondary N) is 1. The van der Waals surface area contributed by atoms with Crippen molar-refractivity contribution in [3.63, 3.8) is 0 Å². The molecule has 158 valence electrons. The quantitative estimate of drug-likeness (QED) is 0.585. The first kappa shape index (κ1) is 24.4. The molecule has 1 aliphatic heterocycles. The van der Waals surface area contributed by atoms with Gasteiger partial charge in [0.2, 0.25) is 5.91 Å². The van der Waals surface area contributed by atoms with Crippen molar-refractivity contribution in [2.75, 3.05) is 26.7 Å². The van der Waals surface area contributed by atoms with E-state index in [-0.39, 0.29) is 28.6 Å². The van der Waals surface area contributed by atoms with E-state index >= 15 is 0 Å². The zero-order chi connectivity index (χ0) is 20.1. The third-order valence-corrected chi connectivity index (χ3v) is 6.02. The number of rotatable bonds is 9. The fraction of sp³-hybridized carbons (Fsp3) is 0.579. The van der Waals surface area contributed by atoms with Gasteiger partial charge >= 0.3 is 0 Å². The number of amidine groups is 1. The summed E-state index contributed by atoms with van der Waals surface area (Å²) < 4.78 is 26.5. The average molecular weight is 431 g/mol. The Kier molecular flexibility index (Phi) is 8.91. The lowest BCUT2D eigenvalue weighted by atomic mass is 9.93. The highest BCUT2D eigenvalue weighted by atomic mass is 35.5. The van der Waals surface area contributed by atoms with Crippen LogP contribution in [0.4, 0.5) is 0 Å². The van der Waals surface area contributed by atoms with Gasteiger partial charge in [-0.3, -0.25) is 14.5 Å². The lowest BCUT2D eigenvalue weighted by molar-refractivity contribution is -0.131. The van der Waals surface area contributed by atoms with Crippen molar-refractivity contribution < 1.29 is 13.2 Å². The molecule has 1 aliphatic rings. The van der Waals surface area contributed by atoms with Gasteiger partial charge in [0.1, 0.15) is 5.84 Å². The molecule has 0 aliphatic carbocycles. The number of fused-ring (bicyclic) bond motifs is 1. The number of nitrogens with zero attached hydrogens (tertiary/aromatic N) is 2. The second-order valence-corrected chi connectivity index (χ2v) is 9.41. The van der Waals surface area contributed by atoms with E-state index in [1.54, 1.807) is 29.2 Å². The molecule has 0 fully saturated rings. The molecule has 3 N–H and O–H groups in total. The maximum Gasteiger partial charge on any atom is 0.263 e. The molecule has 9 heteroatoms. The summed E-state index contributed by atoms with van der Waals surface area (Å²) in [5, 5.41) is 0. The van der Waals surface area contributed by atoms with Crippen molar-refractivity contribution in [3.8, 4) is 0 Å². The number of benzene rings is 1. The maximum atomic E-state index is 12.2. The molecule has 0 aromatic heterocycles. The molecule has 0 bridgehead atoms. The number of hydrogen-bond donors (Lipinski definition) is 2. The minimum absolute atomic E-state index is 0. The van der Waals surface area contributed by atoms with Crippen molar-refractivity contribution in [2.45, 2.75) is 44.4 Å². The maximum absolute atomic E-state index is 12.2. The number of nitrogens with two attached hydrogens (primary N) is 1. The summed E-state index contributed by atoms with van der Waals surface area (Å²) in [6.45, 7) is 5.81. The highest BCUT2D eigenvalue weighted by molar-refractivity contribution is 7.90. The van der Waals surface area contributed by atoms with Gasteiger partial charge in [-0.15, -0.1) is 12.4 Å². The molecule has 28 heavy (non-hydrogen) atoms. The van der Waals surface area contributed by atoms with E-state index in [1.807, 2.05) is 20.9 Å². The van der Waals surface area contributed by atoms with Crippen LogP contribution in [-0.2, 0) is 14.8 Å². The van der Waals surface area contributed by atoms with Crippen LogP contribution in [0, 0.1) is 5.41 Å². The van der Waals surface area contributed by atoms with Crippen LogP contribution < -0.4 is 10.5 Å². The number of halogens is 1. The van der Waals surface area contributed by atoms with Gasteiger partial charge in [0, 0.05) is 32.1 Å². The Morgan fingerprint density at radius 3 is 2.57 bits per heavy atom. The summed E-state index contributed by atoms with van der Waals surface area (Å²) in [7, 11) is -1.67. The predicted molar refractivity (Wildman–Crippen MR) is 114 cm³/mol. The summed E-state index contributed by atoms with van der Waals surface area (Å²) in [4.78, 5) is 18.6. The highest BCUT2D eigenvalue weighted by Crippen LogP contribution is 2.22. The van der Waals surface area contributed by atoms with Crippen LogP contribution in [-0.4, -0.2) is 51.7 Å². The molecule has 1 heterocycles. The van der Waals surface area contributed by atoms with Crippen LogP contribution in [0.5, 0.6) is 0 Å². The lowest BCUT2D eigenvalue weighted by Crippen LogP contribution is -2.39. The lowest BCUT2D eigenvalue weighted by Gasteiger charge is -2.29. The number of hydrogen-bond acceptors (Lipinski definition) is 5. The monoisotopic (exact) mass is 430 g/mol. The van der Waals surface area contributed by atoms with Crippen LogP contribution >= 0.6 is 12.4 Å². The van der Waals surface area contributed by atoms with Crippen molar-refractivity contribution in [1.82, 2.24) is 9.62 Å². The van der Waals surface area contributed by atoms with Gasteiger partial charge < -0.3 is 10.6 Å². The molecule has 0 atom stereocenters. The smallest absolute Gasteiger partial charge is 0.263 e. The topological polar surface area (TPSA) is 105 Å². The van der Waals surface area contributed by atoms with E-state index in [4.69, 9.17) is 5.73 Å². The first-order valence-electron chi connectivity index (χ1n) is 9.27. The molecule has 1 aromatic carbocycles. The van der Waals surface area contributed by atoms with Crippen molar-refractivity contribution in [2.24, 2.45) is 16.1 Å². The van der Waals surface area contributed by atoms with Crippen LogP contribution in [0.2, 0.25) is 0 Å². The number of sulfonamides is 1. The largest absolute Gasteiger partial charge is 0.345 e. The summed E-state index contributed by atoms with van der Waals surface area (Å²) in [6.07, 6.45) is 2.96. The second-order valence-electron chi connectivity index (χ2n) is 7.76. The fourth-order valence-corrected chi connectivity index (χ4v) is 4.24. The zero-order valence-corrected chi connectivity index (χ0v) is 18.4. The van der Waals surface area contributed by atoms with E-state index in [9.17, 15) is 13.2 Å². The first-order valence-corrected chi connectivity index (χ1v) is 10.8. The molecule has 0 unspecified atom stereocenters. The first-order chi connectivity index (χ1) is 12.7. The second kappa shape index (κ2) is 10.2. The predicted octanol–water partition coefficient (Wildman–Crippen LogP) is 2.15. The molecule has 0 saturated carbocycles. The molecule has 7 nitrogen and oxygen atoms in total. The highest BCUT2D eigenvalue weighted by Gasteiger charge is 2.29. The molecule has 0 radical (unpaired) electrons. The average Bonchev–Trinajstić information content (AvgIpc) is 2.88. The normalized spacial score (nSPS) is 16.2. The molecule has 2 rings (SSSR count). The Hall–Kier alpha value is -1.64. The summed E-state index contributed by atoms with van der Waals surface area (Å²) in [5.74, 6) is 0.533. The molecular weight excluding hydrogens is 400 g/mol. The molecule has 0 saturated heterocycles. The van der Waals surface area contributed by atoms with Crippen LogP contribution in [0.25, 0.3) is 0 Å². The Morgan fingerprint density at radius 1 is 1.21 bits per heavy atom. The molecule has 0 spiro atoms. The van der Waals surface area contributed by atoms with Crippen molar-refractivity contribution >= 4 is 34.2 Å². The van der Waals surface area contributed by atoms with Crippen LogP contribution in [0.3, 0.4) is 0 Å². The zero-order valence-electron chi connectivity index (χ0n) is 16.8. The Labute approximate surface area is 174 Å². The van der Waals surface area contributed by atoms with E-state index in [2.05, 4.69) is 9.71 Å². The van der Waals surface area contributed by atoms with E-state index in [0.717, 1.165) is 19.3 Å². The molecular formula is C19H31ClN4O3S. The third-order valence-electron chi connectivity index (χ3n) is 4.62. The number of aliphatic imine (C=N–C) groups is 1. The van der Waals surface area contributed by atoms with Crippen molar-refractivity contribution in [3.05, 3.63) is 29.8 Å². The van der Waals surface area contributed by atoms with Gasteiger partial charge in [-0.2, -0.15) is 0 Å². The number of carbonyl (C=O) groups is 1. The Bertz CT molecular complexity index is 809. The minimum atomic E-state index is -3.48. The van der Waals surface area contributed by atoms with Gasteiger partial charge in [-0.1, -0.05) is 32.4 Å².